The number of rotatable bonds is 5. The molecule has 0 atom stereocenters. The predicted octanol–water partition coefficient (Wildman–Crippen LogP) is 5.01. The average molecular weight is 412 g/mol. The summed E-state index contributed by atoms with van der Waals surface area (Å²) < 4.78 is 0. The highest BCUT2D eigenvalue weighted by molar-refractivity contribution is 6.36. The smallest absolute Gasteiger partial charge is 0.289 e. The van der Waals surface area contributed by atoms with Gasteiger partial charge in [0.2, 0.25) is 0 Å². The summed E-state index contributed by atoms with van der Waals surface area (Å²) in [5.74, 6) is -0.729. The fraction of sp³-hybridized carbons (Fsp3) is 0. The van der Waals surface area contributed by atoms with Crippen LogP contribution >= 0.6 is 34.8 Å². The highest BCUT2D eigenvalue weighted by atomic mass is 35.5. The number of nitro benzene ring substituents is 1. The zero-order valence-electron chi connectivity index (χ0n) is 12.8. The lowest BCUT2D eigenvalue weighted by molar-refractivity contribution is -0.384. The van der Waals surface area contributed by atoms with Gasteiger partial charge >= 0.3 is 0 Å². The molecule has 0 aliphatic carbocycles. The molecule has 1 amide bonds. The summed E-state index contributed by atoms with van der Waals surface area (Å²) in [6, 6.07) is 10.2. The normalized spacial score (nSPS) is 10.8. The van der Waals surface area contributed by atoms with Gasteiger partial charge in [0.15, 0.2) is 0 Å². The fourth-order valence-electron chi connectivity index (χ4n) is 1.83. The quantitative estimate of drug-likeness (QED) is 0.311. The van der Waals surface area contributed by atoms with Crippen molar-refractivity contribution >= 4 is 57.8 Å². The van der Waals surface area contributed by atoms with Crippen LogP contribution in [0, 0.1) is 21.4 Å². The molecule has 0 aliphatic heterocycles. The van der Waals surface area contributed by atoms with Crippen LogP contribution in [0.3, 0.4) is 0 Å². The minimum Gasteiger partial charge on any atom is -0.360 e. The molecule has 7 nitrogen and oxygen atoms in total. The second kappa shape index (κ2) is 8.54. The topological polar surface area (TPSA) is 108 Å². The number of hydrogen-bond donors (Lipinski definition) is 2. The fourth-order valence-corrected chi connectivity index (χ4v) is 2.35. The lowest BCUT2D eigenvalue weighted by Gasteiger charge is -2.07. The number of anilines is 2. The molecule has 2 rings (SSSR count). The van der Waals surface area contributed by atoms with Crippen LogP contribution in [0.15, 0.2) is 48.2 Å². The van der Waals surface area contributed by atoms with Crippen molar-refractivity contribution in [2.45, 2.75) is 0 Å². The molecule has 0 aromatic heterocycles. The molecule has 10 heteroatoms. The number of carbonyl (C=O) groups excluding carboxylic acids is 1. The summed E-state index contributed by atoms with van der Waals surface area (Å²) >= 11 is 17.5. The van der Waals surface area contributed by atoms with E-state index in [2.05, 4.69) is 10.6 Å². The van der Waals surface area contributed by atoms with Gasteiger partial charge in [-0.25, -0.2) is 0 Å². The van der Waals surface area contributed by atoms with E-state index in [4.69, 9.17) is 40.1 Å². The van der Waals surface area contributed by atoms with Crippen LogP contribution in [-0.4, -0.2) is 10.8 Å². The first kappa shape index (κ1) is 19.5. The van der Waals surface area contributed by atoms with Gasteiger partial charge in [-0.1, -0.05) is 34.8 Å². The number of benzene rings is 2. The first-order valence-corrected chi connectivity index (χ1v) is 8.02. The Morgan fingerprint density at radius 2 is 1.85 bits per heavy atom. The molecule has 0 aliphatic rings. The largest absolute Gasteiger partial charge is 0.360 e. The molecule has 0 saturated heterocycles. The number of nitrogens with zero attached hydrogens (tertiary/aromatic N) is 2. The SMILES string of the molecule is N#C/C(=C/Nc1ccc(Cl)c([N+](=O)[O-])c1)C(=O)Nc1cc(Cl)ccc1Cl. The number of hydrogen-bond acceptors (Lipinski definition) is 5. The summed E-state index contributed by atoms with van der Waals surface area (Å²) in [5.41, 5.74) is -0.0627. The Morgan fingerprint density at radius 1 is 1.15 bits per heavy atom. The third-order valence-electron chi connectivity index (χ3n) is 3.07. The molecule has 0 bridgehead atoms. The number of amides is 1. The zero-order chi connectivity index (χ0) is 19.3. The first-order chi connectivity index (χ1) is 12.3. The maximum Gasteiger partial charge on any atom is 0.289 e. The van der Waals surface area contributed by atoms with Crippen molar-refractivity contribution < 1.29 is 9.72 Å². The minimum absolute atomic E-state index is 0.0293. The van der Waals surface area contributed by atoms with Crippen molar-refractivity contribution in [3.8, 4) is 6.07 Å². The lowest BCUT2D eigenvalue weighted by Crippen LogP contribution is -2.14. The molecule has 0 unspecified atom stereocenters. The van der Waals surface area contributed by atoms with E-state index in [0.29, 0.717) is 5.02 Å². The summed E-state index contributed by atoms with van der Waals surface area (Å²) in [5, 5.41) is 25.7. The molecule has 26 heavy (non-hydrogen) atoms. The minimum atomic E-state index is -0.729. The standard InChI is InChI=1S/C16H9Cl3N4O3/c17-10-1-3-12(18)14(5-10)22-16(24)9(7-20)8-21-11-2-4-13(19)15(6-11)23(25)26/h1-6,8,21H,(H,22,24)/b9-8-. The number of carbonyl (C=O) groups is 1. The number of nitrogens with one attached hydrogen (secondary N) is 2. The van der Waals surface area contributed by atoms with Crippen molar-refractivity contribution in [3.63, 3.8) is 0 Å². The van der Waals surface area contributed by atoms with Gasteiger partial charge in [0.05, 0.1) is 15.6 Å². The van der Waals surface area contributed by atoms with Crippen molar-refractivity contribution in [1.82, 2.24) is 0 Å². The van der Waals surface area contributed by atoms with Gasteiger partial charge in [-0.05, 0) is 30.3 Å². The zero-order valence-corrected chi connectivity index (χ0v) is 15.1. The van der Waals surface area contributed by atoms with Gasteiger partial charge in [-0.3, -0.25) is 14.9 Å². The van der Waals surface area contributed by atoms with Crippen LogP contribution in [0.4, 0.5) is 17.1 Å². The van der Waals surface area contributed by atoms with E-state index in [-0.39, 0.29) is 32.7 Å². The summed E-state index contributed by atoms with van der Waals surface area (Å²) in [6.45, 7) is 0. The van der Waals surface area contributed by atoms with E-state index < -0.39 is 10.8 Å². The molecule has 0 heterocycles. The molecular formula is C16H9Cl3N4O3. The van der Waals surface area contributed by atoms with Crippen LogP contribution in [0.2, 0.25) is 15.1 Å². The highest BCUT2D eigenvalue weighted by Gasteiger charge is 2.14. The van der Waals surface area contributed by atoms with E-state index in [1.165, 1.54) is 30.3 Å². The molecule has 2 aromatic carbocycles. The molecule has 0 radical (unpaired) electrons. The maximum atomic E-state index is 12.2. The number of nitro groups is 1. The number of halogens is 3. The summed E-state index contributed by atoms with van der Waals surface area (Å²) in [4.78, 5) is 22.4. The Labute approximate surface area is 162 Å². The van der Waals surface area contributed by atoms with Crippen LogP contribution in [-0.2, 0) is 4.79 Å². The van der Waals surface area contributed by atoms with E-state index in [1.807, 2.05) is 0 Å². The third kappa shape index (κ3) is 4.86. The third-order valence-corrected chi connectivity index (χ3v) is 3.95. The van der Waals surface area contributed by atoms with E-state index >= 15 is 0 Å². The molecule has 132 valence electrons. The molecule has 0 fully saturated rings. The second-order valence-electron chi connectivity index (χ2n) is 4.82. The van der Waals surface area contributed by atoms with Crippen LogP contribution < -0.4 is 10.6 Å². The predicted molar refractivity (Wildman–Crippen MR) is 101 cm³/mol. The van der Waals surface area contributed by atoms with Crippen LogP contribution in [0.5, 0.6) is 0 Å². The Bertz CT molecular complexity index is 954. The molecule has 2 N–H and O–H groups in total. The van der Waals surface area contributed by atoms with Crippen molar-refractivity contribution in [2.24, 2.45) is 0 Å². The summed E-state index contributed by atoms with van der Waals surface area (Å²) in [7, 11) is 0. The maximum absolute atomic E-state index is 12.2. The van der Waals surface area contributed by atoms with Gasteiger partial charge < -0.3 is 10.6 Å². The lowest BCUT2D eigenvalue weighted by atomic mass is 10.2. The van der Waals surface area contributed by atoms with E-state index in [0.717, 1.165) is 6.20 Å². The van der Waals surface area contributed by atoms with Gasteiger partial charge in [0.1, 0.15) is 16.7 Å². The van der Waals surface area contributed by atoms with Crippen molar-refractivity contribution in [3.05, 3.63) is 73.4 Å². The Morgan fingerprint density at radius 3 is 2.50 bits per heavy atom. The van der Waals surface area contributed by atoms with E-state index in [1.54, 1.807) is 12.1 Å². The second-order valence-corrected chi connectivity index (χ2v) is 6.07. The Balaban J connectivity index is 2.19. The monoisotopic (exact) mass is 410 g/mol. The Kier molecular flexibility index (Phi) is 6.41. The van der Waals surface area contributed by atoms with Gasteiger partial charge in [0, 0.05) is 23.0 Å². The van der Waals surface area contributed by atoms with Gasteiger partial charge in [-0.2, -0.15) is 5.26 Å². The van der Waals surface area contributed by atoms with Gasteiger partial charge in [0.25, 0.3) is 11.6 Å². The van der Waals surface area contributed by atoms with Crippen LogP contribution in [0.25, 0.3) is 0 Å². The molecular weight excluding hydrogens is 403 g/mol. The average Bonchev–Trinajstić information content (AvgIpc) is 2.59. The Hall–Kier alpha value is -2.79. The van der Waals surface area contributed by atoms with Crippen molar-refractivity contribution in [1.29, 1.82) is 5.26 Å². The van der Waals surface area contributed by atoms with Gasteiger partial charge in [-0.15, -0.1) is 0 Å². The van der Waals surface area contributed by atoms with Crippen molar-refractivity contribution in [2.75, 3.05) is 10.6 Å². The molecule has 0 spiro atoms. The van der Waals surface area contributed by atoms with E-state index in [9.17, 15) is 14.9 Å². The van der Waals surface area contributed by atoms with Crippen LogP contribution in [0.1, 0.15) is 0 Å². The highest BCUT2D eigenvalue weighted by Crippen LogP contribution is 2.28. The molecule has 2 aromatic rings. The molecule has 0 saturated carbocycles. The summed E-state index contributed by atoms with van der Waals surface area (Å²) in [6.07, 6.45) is 1.11. The number of nitriles is 1. The first-order valence-electron chi connectivity index (χ1n) is 6.89.